The molecule has 0 spiro atoms. The normalized spacial score (nSPS) is 15.3. The van der Waals surface area contributed by atoms with Gasteiger partial charge < -0.3 is 13.9 Å². The number of ether oxygens (including phenoxy) is 2. The Balaban J connectivity index is 1.64. The summed E-state index contributed by atoms with van der Waals surface area (Å²) in [7, 11) is 1.58. The van der Waals surface area contributed by atoms with E-state index in [1.165, 1.54) is 15.9 Å². The van der Waals surface area contributed by atoms with Gasteiger partial charge in [0, 0.05) is 16.7 Å². The Labute approximate surface area is 231 Å². The summed E-state index contributed by atoms with van der Waals surface area (Å²) in [6, 6.07) is 15.1. The Morgan fingerprint density at radius 2 is 1.92 bits per heavy atom. The fraction of sp³-hybridized carbons (Fsp3) is 0.179. The molecule has 2 aromatic heterocycles. The molecule has 0 amide bonds. The van der Waals surface area contributed by atoms with E-state index in [4.69, 9.17) is 37.1 Å². The first-order valence-corrected chi connectivity index (χ1v) is 13.3. The van der Waals surface area contributed by atoms with Gasteiger partial charge in [0.25, 0.3) is 5.56 Å². The van der Waals surface area contributed by atoms with E-state index < -0.39 is 12.0 Å². The second-order valence-corrected chi connectivity index (χ2v) is 10.3. The van der Waals surface area contributed by atoms with E-state index in [1.54, 1.807) is 69.5 Å². The van der Waals surface area contributed by atoms with Crippen LogP contribution in [0.25, 0.3) is 17.4 Å². The molecule has 0 N–H and O–H groups in total. The van der Waals surface area contributed by atoms with Gasteiger partial charge in [-0.3, -0.25) is 9.36 Å². The highest BCUT2D eigenvalue weighted by Gasteiger charge is 2.33. The molecule has 0 bridgehead atoms. The van der Waals surface area contributed by atoms with Gasteiger partial charge in [-0.2, -0.15) is 0 Å². The topological polar surface area (TPSA) is 83.0 Å². The van der Waals surface area contributed by atoms with Crippen molar-refractivity contribution in [1.82, 2.24) is 4.57 Å². The molecule has 1 aliphatic heterocycles. The fourth-order valence-electron chi connectivity index (χ4n) is 4.28. The largest absolute Gasteiger partial charge is 0.497 e. The number of hydrogen-bond donors (Lipinski definition) is 0. The maximum absolute atomic E-state index is 13.7. The average Bonchev–Trinajstić information content (AvgIpc) is 3.49. The highest BCUT2D eigenvalue weighted by atomic mass is 35.5. The molecule has 0 saturated heterocycles. The number of benzene rings is 2. The summed E-state index contributed by atoms with van der Waals surface area (Å²) in [6.45, 7) is 3.68. The van der Waals surface area contributed by atoms with Crippen LogP contribution in [0.2, 0.25) is 10.0 Å². The van der Waals surface area contributed by atoms with E-state index >= 15 is 0 Å². The van der Waals surface area contributed by atoms with Gasteiger partial charge in [-0.15, -0.1) is 0 Å². The lowest BCUT2D eigenvalue weighted by Gasteiger charge is -2.24. The summed E-state index contributed by atoms with van der Waals surface area (Å²) in [5.74, 6) is 1.13. The highest BCUT2D eigenvalue weighted by Crippen LogP contribution is 2.33. The van der Waals surface area contributed by atoms with Crippen LogP contribution in [0.15, 0.2) is 80.1 Å². The Bertz CT molecular complexity index is 1750. The molecule has 4 aromatic rings. The first-order valence-electron chi connectivity index (χ1n) is 11.7. The second kappa shape index (κ2) is 10.6. The summed E-state index contributed by atoms with van der Waals surface area (Å²) in [5, 5.41) is 1.03. The van der Waals surface area contributed by atoms with Crippen molar-refractivity contribution in [3.63, 3.8) is 0 Å². The van der Waals surface area contributed by atoms with Gasteiger partial charge in [0.05, 0.1) is 40.6 Å². The van der Waals surface area contributed by atoms with Crippen LogP contribution >= 0.6 is 34.5 Å². The third-order valence-corrected chi connectivity index (χ3v) is 7.59. The SMILES string of the molecule is CCOC(=O)C1=C(C)N=c2sc(=Cc3ccc(-c4cc(Cl)ccc4Cl)o3)c(=O)n2[C@H]1c1ccc(OC)cc1. The summed E-state index contributed by atoms with van der Waals surface area (Å²) in [5.41, 5.74) is 1.88. The summed E-state index contributed by atoms with van der Waals surface area (Å²) in [4.78, 5) is 31.8. The van der Waals surface area contributed by atoms with Gasteiger partial charge in [-0.1, -0.05) is 46.7 Å². The number of hydrogen-bond acceptors (Lipinski definition) is 7. The number of fused-ring (bicyclic) bond motifs is 1. The van der Waals surface area contributed by atoms with E-state index in [0.29, 0.717) is 53.5 Å². The molecular formula is C28H22Cl2N2O5S. The molecule has 194 valence electrons. The lowest BCUT2D eigenvalue weighted by molar-refractivity contribution is -0.139. The maximum atomic E-state index is 13.7. The Kier molecular flexibility index (Phi) is 7.29. The summed E-state index contributed by atoms with van der Waals surface area (Å²) >= 11 is 13.7. The molecular weight excluding hydrogens is 547 g/mol. The van der Waals surface area contributed by atoms with Gasteiger partial charge in [0.2, 0.25) is 0 Å². The molecule has 0 radical (unpaired) electrons. The molecule has 1 atom stereocenters. The number of aromatic nitrogens is 1. The van der Waals surface area contributed by atoms with Crippen LogP contribution in [0.3, 0.4) is 0 Å². The zero-order valence-corrected chi connectivity index (χ0v) is 23.0. The third-order valence-electron chi connectivity index (χ3n) is 6.04. The number of nitrogens with zero attached hydrogens (tertiary/aromatic N) is 2. The Hall–Kier alpha value is -3.59. The number of halogens is 2. The average molecular weight is 569 g/mol. The highest BCUT2D eigenvalue weighted by molar-refractivity contribution is 7.07. The lowest BCUT2D eigenvalue weighted by atomic mass is 9.96. The van der Waals surface area contributed by atoms with Crippen molar-refractivity contribution in [2.45, 2.75) is 19.9 Å². The van der Waals surface area contributed by atoms with Crippen molar-refractivity contribution in [2.75, 3.05) is 13.7 Å². The van der Waals surface area contributed by atoms with Crippen molar-refractivity contribution in [1.29, 1.82) is 0 Å². The molecule has 7 nitrogen and oxygen atoms in total. The van der Waals surface area contributed by atoms with Crippen LogP contribution in [0, 0.1) is 0 Å². The van der Waals surface area contributed by atoms with Gasteiger partial charge in [0.1, 0.15) is 17.3 Å². The predicted octanol–water partition coefficient (Wildman–Crippen LogP) is 5.37. The van der Waals surface area contributed by atoms with Crippen molar-refractivity contribution in [3.05, 3.63) is 107 Å². The minimum Gasteiger partial charge on any atom is -0.497 e. The number of rotatable bonds is 6. The molecule has 3 heterocycles. The molecule has 2 aromatic carbocycles. The summed E-state index contributed by atoms with van der Waals surface area (Å²) < 4.78 is 18.5. The molecule has 0 unspecified atom stereocenters. The van der Waals surface area contributed by atoms with E-state index in [0.717, 1.165) is 5.56 Å². The fourth-order valence-corrected chi connectivity index (χ4v) is 5.69. The molecule has 10 heteroatoms. The third kappa shape index (κ3) is 4.82. The molecule has 0 saturated carbocycles. The number of furan rings is 1. The molecule has 0 aliphatic carbocycles. The first kappa shape index (κ1) is 26.0. The van der Waals surface area contributed by atoms with Gasteiger partial charge in [-0.25, -0.2) is 9.79 Å². The van der Waals surface area contributed by atoms with Crippen LogP contribution in [0.4, 0.5) is 0 Å². The molecule has 0 fully saturated rings. The number of carbonyl (C=O) groups is 1. The number of allylic oxidation sites excluding steroid dienone is 1. The predicted molar refractivity (Wildman–Crippen MR) is 148 cm³/mol. The van der Waals surface area contributed by atoms with Crippen molar-refractivity contribution < 1.29 is 18.7 Å². The first-order chi connectivity index (χ1) is 18.3. The van der Waals surface area contributed by atoms with Gasteiger partial charge >= 0.3 is 5.97 Å². The van der Waals surface area contributed by atoms with Crippen LogP contribution in [0.1, 0.15) is 31.2 Å². The zero-order valence-electron chi connectivity index (χ0n) is 20.7. The van der Waals surface area contributed by atoms with E-state index in [9.17, 15) is 9.59 Å². The van der Waals surface area contributed by atoms with Crippen LogP contribution in [-0.4, -0.2) is 24.3 Å². The molecule has 38 heavy (non-hydrogen) atoms. The summed E-state index contributed by atoms with van der Waals surface area (Å²) in [6.07, 6.45) is 1.65. The van der Waals surface area contributed by atoms with E-state index in [-0.39, 0.29) is 12.2 Å². The standard InChI is InChI=1S/C28H22Cl2N2O5S/c1-4-36-27(34)24-15(2)31-28-32(25(24)16-5-8-18(35-3)9-6-16)26(33)23(38-28)14-19-10-12-22(37-19)20-13-17(29)7-11-21(20)30/h5-14,25H,4H2,1-3H3/t25-/m0/s1. The number of carbonyl (C=O) groups excluding carboxylic acids is 1. The minimum atomic E-state index is -0.712. The lowest BCUT2D eigenvalue weighted by Crippen LogP contribution is -2.39. The molecule has 5 rings (SSSR count). The van der Waals surface area contributed by atoms with Gasteiger partial charge in [-0.05, 0) is 61.9 Å². The Morgan fingerprint density at radius 3 is 2.63 bits per heavy atom. The monoisotopic (exact) mass is 568 g/mol. The second-order valence-electron chi connectivity index (χ2n) is 8.40. The van der Waals surface area contributed by atoms with Crippen LogP contribution in [-0.2, 0) is 9.53 Å². The number of methoxy groups -OCH3 is 1. The van der Waals surface area contributed by atoms with Gasteiger partial charge in [0.15, 0.2) is 4.80 Å². The van der Waals surface area contributed by atoms with Crippen molar-refractivity contribution in [2.24, 2.45) is 4.99 Å². The van der Waals surface area contributed by atoms with Crippen LogP contribution < -0.4 is 19.6 Å². The quantitative estimate of drug-likeness (QED) is 0.292. The minimum absolute atomic E-state index is 0.201. The van der Waals surface area contributed by atoms with Crippen molar-refractivity contribution in [3.8, 4) is 17.1 Å². The number of thiazole rings is 1. The van der Waals surface area contributed by atoms with Crippen LogP contribution in [0.5, 0.6) is 5.75 Å². The number of esters is 1. The maximum Gasteiger partial charge on any atom is 0.338 e. The smallest absolute Gasteiger partial charge is 0.338 e. The Morgan fingerprint density at radius 1 is 1.16 bits per heavy atom. The van der Waals surface area contributed by atoms with E-state index in [1.807, 2.05) is 12.1 Å². The van der Waals surface area contributed by atoms with E-state index in [2.05, 4.69) is 4.99 Å². The molecule has 1 aliphatic rings. The van der Waals surface area contributed by atoms with Crippen molar-refractivity contribution >= 4 is 46.6 Å². The zero-order chi connectivity index (χ0) is 27.0.